The highest BCUT2D eigenvalue weighted by molar-refractivity contribution is 6.83. The normalized spacial score (nSPS) is 18.6. The lowest BCUT2D eigenvalue weighted by atomic mass is 10.0. The Labute approximate surface area is 170 Å². The fourth-order valence-electron chi connectivity index (χ4n) is 3.59. The summed E-state index contributed by atoms with van der Waals surface area (Å²) in [5.74, 6) is 3.97. The molecular formula is C20H22ClN3O3Si. The van der Waals surface area contributed by atoms with E-state index >= 15 is 0 Å². The molecule has 0 bridgehead atoms. The topological polar surface area (TPSA) is 65.9 Å². The number of halogens is 1. The number of fused-ring (bicyclic) bond motifs is 5. The number of nitrogens with zero attached hydrogens (tertiary/aromatic N) is 3. The molecule has 2 aliphatic rings. The van der Waals surface area contributed by atoms with Crippen LogP contribution in [0.4, 0.5) is 10.5 Å². The first-order chi connectivity index (χ1) is 13.2. The summed E-state index contributed by atoms with van der Waals surface area (Å²) in [7, 11) is -1.54. The molecule has 2 aromatic rings. The van der Waals surface area contributed by atoms with E-state index in [0.29, 0.717) is 31.3 Å². The zero-order valence-electron chi connectivity index (χ0n) is 16.1. The first kappa shape index (κ1) is 18.9. The summed E-state index contributed by atoms with van der Waals surface area (Å²) in [4.78, 5) is 19.5. The molecule has 8 heteroatoms. The monoisotopic (exact) mass is 415 g/mol. The summed E-state index contributed by atoms with van der Waals surface area (Å²) >= 11 is 6.46. The third kappa shape index (κ3) is 3.50. The minimum Gasteiger partial charge on any atom is -0.488 e. The molecule has 6 nitrogen and oxygen atoms in total. The van der Waals surface area contributed by atoms with Crippen LogP contribution in [0.2, 0.25) is 24.7 Å². The number of pyridine rings is 1. The van der Waals surface area contributed by atoms with Crippen LogP contribution in [0.3, 0.4) is 0 Å². The summed E-state index contributed by atoms with van der Waals surface area (Å²) in [5, 5.41) is 10.8. The van der Waals surface area contributed by atoms with Crippen molar-refractivity contribution in [2.24, 2.45) is 0 Å². The average Bonchev–Trinajstić information content (AvgIpc) is 2.64. The van der Waals surface area contributed by atoms with Crippen LogP contribution in [0.25, 0.3) is 10.9 Å². The lowest BCUT2D eigenvalue weighted by molar-refractivity contribution is 0.123. The van der Waals surface area contributed by atoms with Crippen molar-refractivity contribution in [3.8, 4) is 17.2 Å². The number of amides is 1. The van der Waals surface area contributed by atoms with E-state index in [4.69, 9.17) is 16.3 Å². The van der Waals surface area contributed by atoms with E-state index in [2.05, 4.69) is 41.0 Å². The number of hydrogen-bond acceptors (Lipinski definition) is 4. The van der Waals surface area contributed by atoms with Crippen LogP contribution in [-0.2, 0) is 0 Å². The molecule has 2 aliphatic heterocycles. The molecule has 0 unspecified atom stereocenters. The van der Waals surface area contributed by atoms with Crippen molar-refractivity contribution in [2.75, 3.05) is 31.1 Å². The molecule has 0 aliphatic carbocycles. The number of anilines is 1. The number of benzene rings is 1. The molecule has 1 atom stereocenters. The van der Waals surface area contributed by atoms with Crippen LogP contribution >= 0.6 is 11.6 Å². The maximum atomic E-state index is 11.4. The fourth-order valence-corrected chi connectivity index (χ4v) is 4.30. The predicted molar refractivity (Wildman–Crippen MR) is 113 cm³/mol. The quantitative estimate of drug-likeness (QED) is 0.525. The third-order valence-electron chi connectivity index (χ3n) is 4.94. The van der Waals surface area contributed by atoms with Gasteiger partial charge in [0.15, 0.2) is 5.75 Å². The van der Waals surface area contributed by atoms with E-state index < -0.39 is 14.2 Å². The van der Waals surface area contributed by atoms with Crippen molar-refractivity contribution < 1.29 is 14.6 Å². The second kappa shape index (κ2) is 6.87. The first-order valence-corrected chi connectivity index (χ1v) is 13.1. The van der Waals surface area contributed by atoms with Crippen LogP contribution in [0.1, 0.15) is 5.56 Å². The highest BCUT2D eigenvalue weighted by Crippen LogP contribution is 2.41. The Morgan fingerprint density at radius 2 is 2.14 bits per heavy atom. The summed E-state index contributed by atoms with van der Waals surface area (Å²) in [6, 6.07) is 3.82. The highest BCUT2D eigenvalue weighted by atomic mass is 35.5. The number of aromatic nitrogens is 1. The van der Waals surface area contributed by atoms with Crippen molar-refractivity contribution >= 4 is 42.4 Å². The standard InChI is InChI=1S/C20H22ClN3O3Si/c1-28(2,3)7-4-13-8-15-17(9-16(13)21)22-10-18-19(15)24-6-5-23(20(25)26)11-14(24)12-27-18/h8-10,14H,5-6,11-12H2,1-3H3,(H,25,26)/t14-/m1/s1. The molecule has 0 saturated carbocycles. The Kier molecular flexibility index (Phi) is 4.64. The van der Waals surface area contributed by atoms with Crippen molar-refractivity contribution in [3.63, 3.8) is 0 Å². The first-order valence-electron chi connectivity index (χ1n) is 9.26. The van der Waals surface area contributed by atoms with E-state index in [1.807, 2.05) is 12.1 Å². The number of ether oxygens (including phenoxy) is 1. The van der Waals surface area contributed by atoms with Gasteiger partial charge in [0.2, 0.25) is 0 Å². The van der Waals surface area contributed by atoms with Crippen molar-refractivity contribution in [3.05, 3.63) is 28.9 Å². The number of piperazine rings is 1. The molecule has 1 amide bonds. The van der Waals surface area contributed by atoms with Crippen LogP contribution < -0.4 is 9.64 Å². The predicted octanol–water partition coefficient (Wildman–Crippen LogP) is 3.68. The van der Waals surface area contributed by atoms with Gasteiger partial charge in [-0.3, -0.25) is 4.98 Å². The van der Waals surface area contributed by atoms with E-state index in [1.54, 1.807) is 6.20 Å². The molecule has 1 saturated heterocycles. The lowest BCUT2D eigenvalue weighted by Gasteiger charge is -2.45. The molecule has 1 N–H and O–H groups in total. The number of carboxylic acid groups (broad SMARTS) is 1. The zero-order valence-corrected chi connectivity index (χ0v) is 17.9. The largest absolute Gasteiger partial charge is 0.488 e. The summed E-state index contributed by atoms with van der Waals surface area (Å²) < 4.78 is 5.93. The average molecular weight is 416 g/mol. The molecule has 1 aromatic carbocycles. The van der Waals surface area contributed by atoms with E-state index in [9.17, 15) is 9.90 Å². The van der Waals surface area contributed by atoms with Crippen LogP contribution in [0.5, 0.6) is 5.75 Å². The zero-order chi connectivity index (χ0) is 20.1. The van der Waals surface area contributed by atoms with Gasteiger partial charge in [0.1, 0.15) is 14.7 Å². The van der Waals surface area contributed by atoms with E-state index in [-0.39, 0.29) is 6.04 Å². The Morgan fingerprint density at radius 3 is 2.86 bits per heavy atom. The Balaban J connectivity index is 1.81. The summed E-state index contributed by atoms with van der Waals surface area (Å²) in [5.41, 5.74) is 5.90. The van der Waals surface area contributed by atoms with Crippen LogP contribution in [0, 0.1) is 11.5 Å². The van der Waals surface area contributed by atoms with Gasteiger partial charge in [-0.15, -0.1) is 5.54 Å². The Bertz CT molecular complexity index is 1030. The molecular weight excluding hydrogens is 394 g/mol. The smallest absolute Gasteiger partial charge is 0.407 e. The molecule has 0 radical (unpaired) electrons. The molecule has 3 heterocycles. The van der Waals surface area contributed by atoms with Gasteiger partial charge in [-0.25, -0.2) is 4.79 Å². The van der Waals surface area contributed by atoms with Crippen LogP contribution in [-0.4, -0.2) is 61.4 Å². The Morgan fingerprint density at radius 1 is 1.36 bits per heavy atom. The highest BCUT2D eigenvalue weighted by Gasteiger charge is 2.35. The second-order valence-corrected chi connectivity index (χ2v) is 13.4. The van der Waals surface area contributed by atoms with Gasteiger partial charge in [0.05, 0.1) is 28.5 Å². The minimum atomic E-state index is -1.54. The fraction of sp³-hybridized carbons (Fsp3) is 0.400. The second-order valence-electron chi connectivity index (χ2n) is 8.21. The van der Waals surface area contributed by atoms with Gasteiger partial charge in [-0.1, -0.05) is 37.2 Å². The van der Waals surface area contributed by atoms with Crippen molar-refractivity contribution in [1.82, 2.24) is 9.88 Å². The van der Waals surface area contributed by atoms with Crippen molar-refractivity contribution in [2.45, 2.75) is 25.7 Å². The summed E-state index contributed by atoms with van der Waals surface area (Å²) in [6.45, 7) is 8.53. The van der Waals surface area contributed by atoms with Gasteiger partial charge < -0.3 is 19.6 Å². The lowest BCUT2D eigenvalue weighted by Crippen LogP contribution is -2.58. The summed E-state index contributed by atoms with van der Waals surface area (Å²) in [6.07, 6.45) is 0.835. The molecule has 1 aromatic heterocycles. The molecule has 1 fully saturated rings. The van der Waals surface area contributed by atoms with E-state index in [1.165, 1.54) is 4.90 Å². The number of hydrogen-bond donors (Lipinski definition) is 1. The maximum Gasteiger partial charge on any atom is 0.407 e. The van der Waals surface area contributed by atoms with Crippen molar-refractivity contribution in [1.29, 1.82) is 0 Å². The third-order valence-corrected chi connectivity index (χ3v) is 6.13. The molecule has 0 spiro atoms. The van der Waals surface area contributed by atoms with Gasteiger partial charge in [0, 0.05) is 30.6 Å². The maximum absolute atomic E-state index is 11.4. The minimum absolute atomic E-state index is 0.0184. The Hall–Kier alpha value is -2.43. The van der Waals surface area contributed by atoms with Crippen LogP contribution in [0.15, 0.2) is 18.3 Å². The number of rotatable bonds is 0. The van der Waals surface area contributed by atoms with Gasteiger partial charge in [0.25, 0.3) is 0 Å². The van der Waals surface area contributed by atoms with Gasteiger partial charge >= 0.3 is 6.09 Å². The molecule has 4 rings (SSSR count). The van der Waals surface area contributed by atoms with E-state index in [0.717, 1.165) is 27.9 Å². The SMILES string of the molecule is C[Si](C)(C)C#Cc1cc2c3c(cnc2cc1Cl)OC[C@H]1CN(C(=O)O)CCN31. The molecule has 146 valence electrons. The number of carbonyl (C=O) groups is 1. The molecule has 28 heavy (non-hydrogen) atoms. The van der Waals surface area contributed by atoms with Gasteiger partial charge in [-0.2, -0.15) is 0 Å². The van der Waals surface area contributed by atoms with Gasteiger partial charge in [-0.05, 0) is 12.1 Å².